The number of fused-ring (bicyclic) bond motifs is 1. The standard InChI is InChI=1S/C20H17F4N3OS/c21-14-5-3-7-16-17(14)26-19(29-16)27-10-8-12(9-11-27)18(28)25-15-6-2-1-4-13(15)20(22,23)24/h1-7,12H,8-11H2,(H,25,28). The molecule has 0 unspecified atom stereocenters. The minimum absolute atomic E-state index is 0.228. The van der Waals surface area contributed by atoms with Crippen LogP contribution in [0.2, 0.25) is 0 Å². The van der Waals surface area contributed by atoms with Gasteiger partial charge in [-0.25, -0.2) is 9.37 Å². The van der Waals surface area contributed by atoms with Gasteiger partial charge in [0, 0.05) is 19.0 Å². The highest BCUT2D eigenvalue weighted by atomic mass is 32.1. The SMILES string of the molecule is O=C(Nc1ccccc1C(F)(F)F)C1CCN(c2nc3c(F)cccc3s2)CC1. The first-order chi connectivity index (χ1) is 13.8. The quantitative estimate of drug-likeness (QED) is 0.581. The molecule has 0 spiro atoms. The predicted octanol–water partition coefficient (Wildman–Crippen LogP) is 5.31. The van der Waals surface area contributed by atoms with Crippen LogP contribution in [-0.4, -0.2) is 24.0 Å². The molecule has 1 aromatic heterocycles. The molecule has 3 aromatic rings. The molecule has 9 heteroatoms. The van der Waals surface area contributed by atoms with E-state index in [1.807, 2.05) is 4.90 Å². The van der Waals surface area contributed by atoms with Gasteiger partial charge in [-0.05, 0) is 37.1 Å². The number of thiazole rings is 1. The maximum absolute atomic E-state index is 13.9. The van der Waals surface area contributed by atoms with Crippen LogP contribution in [0.3, 0.4) is 0 Å². The summed E-state index contributed by atoms with van der Waals surface area (Å²) in [6.07, 6.45) is -3.56. The van der Waals surface area contributed by atoms with Crippen molar-refractivity contribution in [1.29, 1.82) is 0 Å². The van der Waals surface area contributed by atoms with E-state index < -0.39 is 23.6 Å². The summed E-state index contributed by atoms with van der Waals surface area (Å²) in [5.74, 6) is -1.18. The van der Waals surface area contributed by atoms with Crippen LogP contribution in [0.4, 0.5) is 28.4 Å². The minimum atomic E-state index is -4.53. The molecule has 1 fully saturated rings. The maximum Gasteiger partial charge on any atom is 0.418 e. The number of halogens is 4. The first-order valence-corrected chi connectivity index (χ1v) is 9.91. The first kappa shape index (κ1) is 19.6. The van der Waals surface area contributed by atoms with E-state index in [9.17, 15) is 22.4 Å². The van der Waals surface area contributed by atoms with Gasteiger partial charge in [-0.1, -0.05) is 29.5 Å². The molecule has 0 bridgehead atoms. The van der Waals surface area contributed by atoms with Gasteiger partial charge in [0.05, 0.1) is 16.0 Å². The summed E-state index contributed by atoms with van der Waals surface area (Å²) < 4.78 is 53.9. The average Bonchev–Trinajstić information content (AvgIpc) is 3.13. The number of carbonyl (C=O) groups is 1. The molecule has 29 heavy (non-hydrogen) atoms. The molecule has 1 saturated heterocycles. The van der Waals surface area contributed by atoms with E-state index in [1.54, 1.807) is 12.1 Å². The van der Waals surface area contributed by atoms with Crippen LogP contribution in [0.25, 0.3) is 10.2 Å². The number of para-hydroxylation sites is 2. The van der Waals surface area contributed by atoms with Crippen molar-refractivity contribution in [3.63, 3.8) is 0 Å². The normalized spacial score (nSPS) is 15.7. The highest BCUT2D eigenvalue weighted by Gasteiger charge is 2.34. The Morgan fingerprint density at radius 3 is 2.52 bits per heavy atom. The Hall–Kier alpha value is -2.68. The number of carbonyl (C=O) groups excluding carboxylic acids is 1. The summed E-state index contributed by atoms with van der Waals surface area (Å²) in [6.45, 7) is 1.06. The summed E-state index contributed by atoms with van der Waals surface area (Å²) in [5, 5.41) is 3.12. The number of hydrogen-bond donors (Lipinski definition) is 1. The minimum Gasteiger partial charge on any atom is -0.348 e. The van der Waals surface area contributed by atoms with Crippen LogP contribution < -0.4 is 10.2 Å². The van der Waals surface area contributed by atoms with Crippen molar-refractivity contribution >= 4 is 38.3 Å². The number of piperidine rings is 1. The van der Waals surface area contributed by atoms with Gasteiger partial charge in [-0.3, -0.25) is 4.79 Å². The number of benzene rings is 2. The first-order valence-electron chi connectivity index (χ1n) is 9.10. The molecule has 152 valence electrons. The lowest BCUT2D eigenvalue weighted by molar-refractivity contribution is -0.137. The van der Waals surface area contributed by atoms with E-state index in [-0.39, 0.29) is 11.5 Å². The molecule has 0 aliphatic carbocycles. The van der Waals surface area contributed by atoms with Crippen molar-refractivity contribution in [3.8, 4) is 0 Å². The highest BCUT2D eigenvalue weighted by Crippen LogP contribution is 2.36. The zero-order chi connectivity index (χ0) is 20.6. The van der Waals surface area contributed by atoms with Crippen LogP contribution in [-0.2, 0) is 11.0 Å². The van der Waals surface area contributed by atoms with E-state index in [0.717, 1.165) is 10.8 Å². The van der Waals surface area contributed by atoms with Crippen LogP contribution in [0, 0.1) is 11.7 Å². The third kappa shape index (κ3) is 4.05. The Balaban J connectivity index is 1.42. The lowest BCUT2D eigenvalue weighted by Crippen LogP contribution is -2.38. The molecule has 0 saturated carbocycles. The molecule has 2 heterocycles. The Morgan fingerprint density at radius 2 is 1.83 bits per heavy atom. The third-order valence-corrected chi connectivity index (χ3v) is 6.07. The van der Waals surface area contributed by atoms with Gasteiger partial charge in [0.2, 0.25) is 5.91 Å². The molecular weight excluding hydrogens is 406 g/mol. The Morgan fingerprint density at radius 1 is 1.10 bits per heavy atom. The molecule has 1 aliphatic rings. The fourth-order valence-electron chi connectivity index (χ4n) is 3.45. The molecule has 0 atom stereocenters. The van der Waals surface area contributed by atoms with Gasteiger partial charge in [-0.15, -0.1) is 0 Å². The van der Waals surface area contributed by atoms with Gasteiger partial charge in [0.25, 0.3) is 0 Å². The summed E-state index contributed by atoms with van der Waals surface area (Å²) in [6, 6.07) is 9.75. The molecular formula is C20H17F4N3OS. The van der Waals surface area contributed by atoms with Gasteiger partial charge < -0.3 is 10.2 Å². The molecule has 0 radical (unpaired) electrons. The molecule has 4 nitrogen and oxygen atoms in total. The number of nitrogens with one attached hydrogen (secondary N) is 1. The van der Waals surface area contributed by atoms with Crippen molar-refractivity contribution < 1.29 is 22.4 Å². The van der Waals surface area contributed by atoms with Crippen LogP contribution in [0.5, 0.6) is 0 Å². The Labute approximate surface area is 168 Å². The van der Waals surface area contributed by atoms with E-state index in [0.29, 0.717) is 36.6 Å². The predicted molar refractivity (Wildman–Crippen MR) is 105 cm³/mol. The number of rotatable bonds is 3. The zero-order valence-corrected chi connectivity index (χ0v) is 16.0. The van der Waals surface area contributed by atoms with E-state index >= 15 is 0 Å². The fourth-order valence-corrected chi connectivity index (χ4v) is 4.48. The molecule has 1 amide bonds. The lowest BCUT2D eigenvalue weighted by Gasteiger charge is -2.31. The van der Waals surface area contributed by atoms with Crippen LogP contribution in [0.1, 0.15) is 18.4 Å². The largest absolute Gasteiger partial charge is 0.418 e. The van der Waals surface area contributed by atoms with Gasteiger partial charge >= 0.3 is 6.18 Å². The highest BCUT2D eigenvalue weighted by molar-refractivity contribution is 7.22. The number of alkyl halides is 3. The van der Waals surface area contributed by atoms with Crippen molar-refractivity contribution in [3.05, 3.63) is 53.8 Å². The number of hydrogen-bond acceptors (Lipinski definition) is 4. The van der Waals surface area contributed by atoms with Crippen molar-refractivity contribution in [1.82, 2.24) is 4.98 Å². The maximum atomic E-state index is 13.9. The monoisotopic (exact) mass is 423 g/mol. The smallest absolute Gasteiger partial charge is 0.348 e. The summed E-state index contributed by atoms with van der Waals surface area (Å²) in [4.78, 5) is 18.9. The number of nitrogens with zero attached hydrogens (tertiary/aromatic N) is 2. The number of aromatic nitrogens is 1. The van der Waals surface area contributed by atoms with Gasteiger partial charge in [0.15, 0.2) is 5.13 Å². The fraction of sp³-hybridized carbons (Fsp3) is 0.300. The Bertz CT molecular complexity index is 1040. The van der Waals surface area contributed by atoms with Crippen molar-refractivity contribution in [2.45, 2.75) is 19.0 Å². The van der Waals surface area contributed by atoms with Crippen molar-refractivity contribution in [2.75, 3.05) is 23.3 Å². The molecule has 2 aromatic carbocycles. The molecule has 1 aliphatic heterocycles. The molecule has 4 rings (SSSR count). The summed E-state index contributed by atoms with van der Waals surface area (Å²) >= 11 is 1.38. The van der Waals surface area contributed by atoms with Gasteiger partial charge in [0.1, 0.15) is 11.3 Å². The zero-order valence-electron chi connectivity index (χ0n) is 15.2. The second kappa shape index (κ2) is 7.62. The lowest BCUT2D eigenvalue weighted by atomic mass is 9.96. The van der Waals surface area contributed by atoms with E-state index in [1.165, 1.54) is 35.6 Å². The average molecular weight is 423 g/mol. The van der Waals surface area contributed by atoms with Gasteiger partial charge in [-0.2, -0.15) is 13.2 Å². The molecule has 1 N–H and O–H groups in total. The van der Waals surface area contributed by atoms with Crippen molar-refractivity contribution in [2.24, 2.45) is 5.92 Å². The Kier molecular flexibility index (Phi) is 5.16. The topological polar surface area (TPSA) is 45.2 Å². The number of amides is 1. The summed E-state index contributed by atoms with van der Waals surface area (Å²) in [5.41, 5.74) is -0.757. The second-order valence-corrected chi connectivity index (χ2v) is 7.89. The van der Waals surface area contributed by atoms with E-state index in [4.69, 9.17) is 0 Å². The summed E-state index contributed by atoms with van der Waals surface area (Å²) in [7, 11) is 0. The van der Waals surface area contributed by atoms with Crippen LogP contribution >= 0.6 is 11.3 Å². The third-order valence-electron chi connectivity index (χ3n) is 4.99. The second-order valence-electron chi connectivity index (χ2n) is 6.88. The van der Waals surface area contributed by atoms with E-state index in [2.05, 4.69) is 10.3 Å². The van der Waals surface area contributed by atoms with Crippen LogP contribution in [0.15, 0.2) is 42.5 Å². The number of anilines is 2.